The van der Waals surface area contributed by atoms with E-state index in [4.69, 9.17) is 10.8 Å². The van der Waals surface area contributed by atoms with E-state index in [0.29, 0.717) is 18.7 Å². The summed E-state index contributed by atoms with van der Waals surface area (Å²) in [5.41, 5.74) is 6.90. The van der Waals surface area contributed by atoms with Crippen molar-refractivity contribution in [2.24, 2.45) is 0 Å². The van der Waals surface area contributed by atoms with E-state index in [1.807, 2.05) is 12.1 Å². The van der Waals surface area contributed by atoms with Crippen LogP contribution in [0.2, 0.25) is 0 Å². The van der Waals surface area contributed by atoms with Crippen LogP contribution in [0, 0.1) is 5.82 Å². The third-order valence-electron chi connectivity index (χ3n) is 2.82. The van der Waals surface area contributed by atoms with Gasteiger partial charge < -0.3 is 16.2 Å². The van der Waals surface area contributed by atoms with Gasteiger partial charge in [0.1, 0.15) is 5.82 Å². The summed E-state index contributed by atoms with van der Waals surface area (Å²) < 4.78 is 13.5. The van der Waals surface area contributed by atoms with E-state index in [2.05, 4.69) is 10.3 Å². The lowest BCUT2D eigenvalue weighted by molar-refractivity contribution is 0.0692. The van der Waals surface area contributed by atoms with Gasteiger partial charge in [0, 0.05) is 18.9 Å². The van der Waals surface area contributed by atoms with Crippen LogP contribution in [-0.2, 0) is 6.42 Å². The number of benzene rings is 1. The van der Waals surface area contributed by atoms with Gasteiger partial charge in [-0.25, -0.2) is 9.18 Å². The Hall–Kier alpha value is -2.63. The maximum Gasteiger partial charge on any atom is 0.338 e. The van der Waals surface area contributed by atoms with Crippen molar-refractivity contribution in [1.82, 2.24) is 4.98 Å². The minimum atomic E-state index is -1.34. The minimum absolute atomic E-state index is 0.204. The molecule has 0 aliphatic heterocycles. The third-order valence-corrected chi connectivity index (χ3v) is 2.82. The van der Waals surface area contributed by atoms with E-state index in [0.717, 1.165) is 17.7 Å². The number of hydrogen-bond acceptors (Lipinski definition) is 4. The van der Waals surface area contributed by atoms with Gasteiger partial charge in [-0.15, -0.1) is 0 Å². The number of nitrogens with one attached hydrogen (secondary N) is 1. The highest BCUT2D eigenvalue weighted by molar-refractivity contribution is 5.90. The molecular weight excluding hydrogens is 261 g/mol. The molecule has 20 heavy (non-hydrogen) atoms. The van der Waals surface area contributed by atoms with Gasteiger partial charge in [0.05, 0.1) is 16.9 Å². The van der Waals surface area contributed by atoms with Gasteiger partial charge in [-0.3, -0.25) is 4.98 Å². The summed E-state index contributed by atoms with van der Waals surface area (Å²) >= 11 is 0. The second-order valence-electron chi connectivity index (χ2n) is 4.26. The lowest BCUT2D eigenvalue weighted by Gasteiger charge is -2.10. The number of nitrogen functional groups attached to an aromatic ring is 1. The number of rotatable bonds is 5. The summed E-state index contributed by atoms with van der Waals surface area (Å²) in [6.45, 7) is 0.543. The summed E-state index contributed by atoms with van der Waals surface area (Å²) in [4.78, 5) is 14.8. The Morgan fingerprint density at radius 1 is 1.45 bits per heavy atom. The van der Waals surface area contributed by atoms with Gasteiger partial charge >= 0.3 is 5.97 Å². The molecule has 2 aromatic rings. The molecule has 4 N–H and O–H groups in total. The second kappa shape index (κ2) is 6.01. The van der Waals surface area contributed by atoms with Crippen molar-refractivity contribution in [3.8, 4) is 0 Å². The van der Waals surface area contributed by atoms with Crippen LogP contribution < -0.4 is 11.1 Å². The van der Waals surface area contributed by atoms with Crippen molar-refractivity contribution in [3.63, 3.8) is 0 Å². The molecule has 0 amide bonds. The van der Waals surface area contributed by atoms with Crippen molar-refractivity contribution in [1.29, 1.82) is 0 Å². The van der Waals surface area contributed by atoms with Crippen molar-refractivity contribution in [3.05, 3.63) is 53.6 Å². The Balaban J connectivity index is 2.03. The van der Waals surface area contributed by atoms with Crippen LogP contribution in [0.15, 0.2) is 36.7 Å². The van der Waals surface area contributed by atoms with Crippen LogP contribution >= 0.6 is 0 Å². The Bertz CT molecular complexity index is 617. The summed E-state index contributed by atoms with van der Waals surface area (Å²) in [5, 5.41) is 11.8. The number of halogens is 1. The molecule has 1 aromatic carbocycles. The Kier molecular flexibility index (Phi) is 4.14. The molecule has 0 saturated carbocycles. The molecule has 0 bridgehead atoms. The number of aromatic carboxylic acids is 1. The Morgan fingerprint density at radius 3 is 2.90 bits per heavy atom. The average Bonchev–Trinajstić information content (AvgIpc) is 2.43. The van der Waals surface area contributed by atoms with Crippen LogP contribution in [0.25, 0.3) is 0 Å². The van der Waals surface area contributed by atoms with Crippen LogP contribution in [-0.4, -0.2) is 22.6 Å². The normalized spacial score (nSPS) is 10.2. The second-order valence-corrected chi connectivity index (χ2v) is 4.26. The van der Waals surface area contributed by atoms with Crippen LogP contribution in [0.3, 0.4) is 0 Å². The van der Waals surface area contributed by atoms with E-state index in [9.17, 15) is 9.18 Å². The summed E-state index contributed by atoms with van der Waals surface area (Å²) in [7, 11) is 0. The molecule has 0 radical (unpaired) electrons. The molecule has 5 nitrogen and oxygen atoms in total. The van der Waals surface area contributed by atoms with E-state index in [1.165, 1.54) is 0 Å². The summed E-state index contributed by atoms with van der Waals surface area (Å²) in [6, 6.07) is 5.99. The van der Waals surface area contributed by atoms with Gasteiger partial charge in [0.25, 0.3) is 0 Å². The summed E-state index contributed by atoms with van der Waals surface area (Å²) in [5.74, 6) is -2.15. The fourth-order valence-corrected chi connectivity index (χ4v) is 1.79. The number of aromatic nitrogens is 1. The molecule has 0 saturated heterocycles. The van der Waals surface area contributed by atoms with Crippen LogP contribution in [0.5, 0.6) is 0 Å². The van der Waals surface area contributed by atoms with Crippen molar-refractivity contribution in [2.45, 2.75) is 6.42 Å². The highest BCUT2D eigenvalue weighted by atomic mass is 19.1. The zero-order valence-corrected chi connectivity index (χ0v) is 10.6. The molecular formula is C14H14FN3O2. The molecule has 6 heteroatoms. The highest BCUT2D eigenvalue weighted by Crippen LogP contribution is 2.23. The van der Waals surface area contributed by atoms with E-state index >= 15 is 0 Å². The van der Waals surface area contributed by atoms with Gasteiger partial charge in [-0.1, -0.05) is 6.07 Å². The van der Waals surface area contributed by atoms with Crippen molar-refractivity contribution < 1.29 is 14.3 Å². The Morgan fingerprint density at radius 2 is 2.25 bits per heavy atom. The molecule has 0 atom stereocenters. The predicted octanol–water partition coefficient (Wildman–Crippen LogP) is 2.16. The first-order valence-corrected chi connectivity index (χ1v) is 6.03. The number of carbonyl (C=O) groups is 1. The lowest BCUT2D eigenvalue weighted by atomic mass is 10.1. The molecule has 0 fully saturated rings. The van der Waals surface area contributed by atoms with Gasteiger partial charge in [-0.05, 0) is 30.2 Å². The fraction of sp³-hybridized carbons (Fsp3) is 0.143. The number of nitrogens with zero attached hydrogens (tertiary/aromatic N) is 1. The molecule has 0 unspecified atom stereocenters. The topological polar surface area (TPSA) is 88.2 Å². The zero-order chi connectivity index (χ0) is 14.5. The SMILES string of the molecule is Nc1cc(C(=O)O)c(F)cc1NCCc1cccnc1. The third kappa shape index (κ3) is 3.23. The Labute approximate surface area is 115 Å². The first-order chi connectivity index (χ1) is 9.58. The highest BCUT2D eigenvalue weighted by Gasteiger charge is 2.13. The molecule has 1 aromatic heterocycles. The van der Waals surface area contributed by atoms with Crippen LogP contribution in [0.4, 0.5) is 15.8 Å². The van der Waals surface area contributed by atoms with Crippen LogP contribution in [0.1, 0.15) is 15.9 Å². The number of anilines is 2. The molecule has 104 valence electrons. The number of hydrogen-bond donors (Lipinski definition) is 3. The lowest BCUT2D eigenvalue weighted by Crippen LogP contribution is -2.09. The fourth-order valence-electron chi connectivity index (χ4n) is 1.79. The number of carboxylic acids is 1. The zero-order valence-electron chi connectivity index (χ0n) is 10.6. The minimum Gasteiger partial charge on any atom is -0.478 e. The largest absolute Gasteiger partial charge is 0.478 e. The molecule has 2 rings (SSSR count). The van der Waals surface area contributed by atoms with Crippen molar-refractivity contribution in [2.75, 3.05) is 17.6 Å². The smallest absolute Gasteiger partial charge is 0.338 e. The average molecular weight is 275 g/mol. The molecule has 0 aliphatic carbocycles. The molecule has 1 heterocycles. The quantitative estimate of drug-likeness (QED) is 0.728. The van der Waals surface area contributed by atoms with E-state index in [1.54, 1.807) is 12.4 Å². The van der Waals surface area contributed by atoms with Gasteiger partial charge in [0.15, 0.2) is 0 Å². The first kappa shape index (κ1) is 13.8. The van der Waals surface area contributed by atoms with E-state index < -0.39 is 17.3 Å². The van der Waals surface area contributed by atoms with E-state index in [-0.39, 0.29) is 5.69 Å². The van der Waals surface area contributed by atoms with Crippen molar-refractivity contribution >= 4 is 17.3 Å². The molecule has 0 spiro atoms. The first-order valence-electron chi connectivity index (χ1n) is 6.03. The standard InChI is InChI=1S/C14H14FN3O2/c15-11-7-13(12(16)6-10(11)14(19)20)18-5-3-9-2-1-4-17-8-9/h1-2,4,6-8,18H,3,5,16H2,(H,19,20). The van der Waals surface area contributed by atoms with Gasteiger partial charge in [-0.2, -0.15) is 0 Å². The summed E-state index contributed by atoms with van der Waals surface area (Å²) in [6.07, 6.45) is 4.14. The number of carboxylic acid groups (broad SMARTS) is 1. The maximum atomic E-state index is 13.5. The monoisotopic (exact) mass is 275 g/mol. The van der Waals surface area contributed by atoms with Gasteiger partial charge in [0.2, 0.25) is 0 Å². The molecule has 0 aliphatic rings. The predicted molar refractivity (Wildman–Crippen MR) is 74.2 cm³/mol. The number of pyridine rings is 1. The maximum absolute atomic E-state index is 13.5. The number of nitrogens with two attached hydrogens (primary N) is 1.